The van der Waals surface area contributed by atoms with E-state index in [2.05, 4.69) is 162 Å². The van der Waals surface area contributed by atoms with Gasteiger partial charge in [-0.25, -0.2) is 9.97 Å². The highest BCUT2D eigenvalue weighted by Gasteiger charge is 2.22. The van der Waals surface area contributed by atoms with E-state index in [1.807, 2.05) is 42.5 Å². The SMILES string of the molecule is c1ccc(-c2cc(-c3cccc(-c4cccc(-c5cccc6nc(-c7cc8ccccc8c8ccccc78)c7oc8ccccc8c7c56)c4)c3)cc(-c3ccccn3)n2)nc1. The molecule has 0 aliphatic carbocycles. The van der Waals surface area contributed by atoms with Gasteiger partial charge in [0.15, 0.2) is 5.58 Å². The second-order valence-electron chi connectivity index (χ2n) is 15.4. The predicted octanol–water partition coefficient (Wildman–Crippen LogP) is 14.6. The van der Waals surface area contributed by atoms with Gasteiger partial charge in [-0.15, -0.1) is 0 Å². The van der Waals surface area contributed by atoms with Crippen molar-refractivity contribution in [3.8, 4) is 67.4 Å². The molecule has 0 atom stereocenters. The van der Waals surface area contributed by atoms with Gasteiger partial charge in [0, 0.05) is 34.1 Å². The summed E-state index contributed by atoms with van der Waals surface area (Å²) in [4.78, 5) is 19.7. The fraction of sp³-hybridized carbons (Fsp3) is 0. The summed E-state index contributed by atoms with van der Waals surface area (Å²) >= 11 is 0. The summed E-state index contributed by atoms with van der Waals surface area (Å²) in [6.45, 7) is 0. The Kier molecular flexibility index (Phi) is 8.10. The largest absolute Gasteiger partial charge is 0.454 e. The number of pyridine rings is 4. The molecule has 0 radical (unpaired) electrons. The fourth-order valence-corrected chi connectivity index (χ4v) is 8.93. The summed E-state index contributed by atoms with van der Waals surface area (Å²) in [5, 5.41) is 7.95. The van der Waals surface area contributed by atoms with Gasteiger partial charge >= 0.3 is 0 Å². The first kappa shape index (κ1) is 34.7. The number of hydrogen-bond donors (Lipinski definition) is 0. The quantitative estimate of drug-likeness (QED) is 0.157. The van der Waals surface area contributed by atoms with Crippen molar-refractivity contribution in [3.63, 3.8) is 0 Å². The first-order chi connectivity index (χ1) is 30.2. The average molecular weight is 779 g/mol. The summed E-state index contributed by atoms with van der Waals surface area (Å²) in [5.41, 5.74) is 14.2. The molecule has 0 N–H and O–H groups in total. The van der Waals surface area contributed by atoms with E-state index in [0.717, 1.165) is 106 Å². The highest BCUT2D eigenvalue weighted by molar-refractivity contribution is 6.26. The highest BCUT2D eigenvalue weighted by Crippen LogP contribution is 2.45. The lowest BCUT2D eigenvalue weighted by Gasteiger charge is -2.14. The Labute approximate surface area is 351 Å². The first-order valence-corrected chi connectivity index (χ1v) is 20.4. The molecule has 0 aliphatic heterocycles. The molecule has 5 heterocycles. The zero-order chi connectivity index (χ0) is 40.3. The third-order valence-corrected chi connectivity index (χ3v) is 11.7. The number of nitrogens with zero attached hydrogens (tertiary/aromatic N) is 4. The maximum absolute atomic E-state index is 6.84. The van der Waals surface area contributed by atoms with Gasteiger partial charge in [0.25, 0.3) is 0 Å². The minimum atomic E-state index is 0.790. The van der Waals surface area contributed by atoms with Crippen molar-refractivity contribution >= 4 is 54.4 Å². The number of furan rings is 1. The van der Waals surface area contributed by atoms with Gasteiger partial charge < -0.3 is 4.42 Å². The molecule has 61 heavy (non-hydrogen) atoms. The smallest absolute Gasteiger partial charge is 0.162 e. The maximum atomic E-state index is 6.84. The third kappa shape index (κ3) is 5.94. The van der Waals surface area contributed by atoms with Crippen LogP contribution in [0.15, 0.2) is 211 Å². The lowest BCUT2D eigenvalue weighted by atomic mass is 9.91. The van der Waals surface area contributed by atoms with E-state index in [1.54, 1.807) is 12.4 Å². The topological polar surface area (TPSA) is 64.7 Å². The van der Waals surface area contributed by atoms with E-state index in [9.17, 15) is 0 Å². The number of rotatable bonds is 6. The zero-order valence-electron chi connectivity index (χ0n) is 32.8. The fourth-order valence-electron chi connectivity index (χ4n) is 8.93. The van der Waals surface area contributed by atoms with Crippen molar-refractivity contribution in [2.24, 2.45) is 0 Å². The van der Waals surface area contributed by atoms with Crippen molar-refractivity contribution < 1.29 is 4.42 Å². The second kappa shape index (κ2) is 14.2. The Balaban J connectivity index is 1.02. The first-order valence-electron chi connectivity index (χ1n) is 20.4. The molecular formula is C56H34N4O. The van der Waals surface area contributed by atoms with Gasteiger partial charge in [0.05, 0.1) is 28.3 Å². The summed E-state index contributed by atoms with van der Waals surface area (Å²) in [6, 6.07) is 67.8. The van der Waals surface area contributed by atoms with E-state index in [-0.39, 0.29) is 0 Å². The van der Waals surface area contributed by atoms with E-state index in [4.69, 9.17) is 14.4 Å². The van der Waals surface area contributed by atoms with E-state index >= 15 is 0 Å². The number of hydrogen-bond acceptors (Lipinski definition) is 5. The Morgan fingerprint density at radius 1 is 0.344 bits per heavy atom. The Hall–Kier alpha value is -8.28. The van der Waals surface area contributed by atoms with Gasteiger partial charge in [-0.05, 0) is 122 Å². The van der Waals surface area contributed by atoms with Crippen LogP contribution >= 0.6 is 0 Å². The van der Waals surface area contributed by atoms with Gasteiger partial charge in [-0.3, -0.25) is 9.97 Å². The molecular weight excluding hydrogens is 745 g/mol. The van der Waals surface area contributed by atoms with Gasteiger partial charge in [0.1, 0.15) is 11.3 Å². The van der Waals surface area contributed by atoms with Crippen LogP contribution in [0.4, 0.5) is 0 Å². The second-order valence-corrected chi connectivity index (χ2v) is 15.4. The van der Waals surface area contributed by atoms with Gasteiger partial charge in [0.2, 0.25) is 0 Å². The molecule has 0 fully saturated rings. The summed E-state index contributed by atoms with van der Waals surface area (Å²) in [5.74, 6) is 0. The van der Waals surface area contributed by atoms with Crippen molar-refractivity contribution in [2.75, 3.05) is 0 Å². The molecule has 0 aliphatic rings. The molecule has 0 saturated carbocycles. The number of aromatic nitrogens is 4. The van der Waals surface area contributed by atoms with Crippen LogP contribution in [-0.2, 0) is 0 Å². The molecule has 5 aromatic heterocycles. The van der Waals surface area contributed by atoms with Crippen LogP contribution in [0.2, 0.25) is 0 Å². The molecule has 0 saturated heterocycles. The van der Waals surface area contributed by atoms with Crippen molar-refractivity contribution in [1.82, 2.24) is 19.9 Å². The lowest BCUT2D eigenvalue weighted by Crippen LogP contribution is -1.94. The summed E-state index contributed by atoms with van der Waals surface area (Å²) in [7, 11) is 0. The monoisotopic (exact) mass is 778 g/mol. The van der Waals surface area contributed by atoms with Crippen LogP contribution in [0.25, 0.3) is 122 Å². The standard InChI is InChI=1S/C56H34N4O/c1-2-19-41-39(14-1)32-46(44-21-4-3-20-43(41)44)55-56-54(45-22-5-6-27-52(45)61-56)53-42(23-13-26-49(53)60-55)38-18-12-16-36(31-38)35-15-11-17-37(30-35)40-33-50(47-24-7-9-28-57-47)59-51(34-40)48-25-8-10-29-58-48/h1-34H. The molecule has 7 aromatic carbocycles. The zero-order valence-corrected chi connectivity index (χ0v) is 32.8. The highest BCUT2D eigenvalue weighted by atomic mass is 16.3. The van der Waals surface area contributed by atoms with Crippen LogP contribution in [0.3, 0.4) is 0 Å². The van der Waals surface area contributed by atoms with Gasteiger partial charge in [-0.1, -0.05) is 127 Å². The Morgan fingerprint density at radius 2 is 0.934 bits per heavy atom. The normalized spacial score (nSPS) is 11.6. The maximum Gasteiger partial charge on any atom is 0.162 e. The molecule has 12 rings (SSSR count). The van der Waals surface area contributed by atoms with Crippen molar-refractivity contribution in [1.29, 1.82) is 0 Å². The van der Waals surface area contributed by atoms with E-state index < -0.39 is 0 Å². The number of fused-ring (bicyclic) bond motifs is 8. The molecule has 0 amide bonds. The van der Waals surface area contributed by atoms with Crippen LogP contribution in [0.5, 0.6) is 0 Å². The molecule has 5 nitrogen and oxygen atoms in total. The number of benzene rings is 7. The van der Waals surface area contributed by atoms with Crippen molar-refractivity contribution in [3.05, 3.63) is 207 Å². The molecule has 0 spiro atoms. The molecule has 5 heteroatoms. The molecule has 284 valence electrons. The van der Waals surface area contributed by atoms with Crippen LogP contribution < -0.4 is 0 Å². The van der Waals surface area contributed by atoms with Gasteiger partial charge in [-0.2, -0.15) is 0 Å². The Morgan fingerprint density at radius 3 is 1.66 bits per heavy atom. The van der Waals surface area contributed by atoms with Crippen LogP contribution in [0.1, 0.15) is 0 Å². The number of para-hydroxylation sites is 1. The minimum absolute atomic E-state index is 0.790. The molecule has 0 bridgehead atoms. The Bertz CT molecular complexity index is 3590. The minimum Gasteiger partial charge on any atom is -0.454 e. The van der Waals surface area contributed by atoms with E-state index in [0.29, 0.717) is 0 Å². The van der Waals surface area contributed by atoms with E-state index in [1.165, 1.54) is 16.2 Å². The third-order valence-electron chi connectivity index (χ3n) is 11.7. The average Bonchev–Trinajstić information content (AvgIpc) is 3.74. The summed E-state index contributed by atoms with van der Waals surface area (Å²) in [6.07, 6.45) is 3.60. The lowest BCUT2D eigenvalue weighted by molar-refractivity contribution is 0.669. The summed E-state index contributed by atoms with van der Waals surface area (Å²) < 4.78 is 6.84. The van der Waals surface area contributed by atoms with Crippen LogP contribution in [-0.4, -0.2) is 19.9 Å². The molecule has 0 unspecified atom stereocenters. The van der Waals surface area contributed by atoms with Crippen molar-refractivity contribution in [2.45, 2.75) is 0 Å². The predicted molar refractivity (Wildman–Crippen MR) is 250 cm³/mol. The molecule has 12 aromatic rings. The van der Waals surface area contributed by atoms with Crippen LogP contribution in [0, 0.1) is 0 Å².